The van der Waals surface area contributed by atoms with Gasteiger partial charge >= 0.3 is 0 Å². The highest BCUT2D eigenvalue weighted by Gasteiger charge is 2.21. The Morgan fingerprint density at radius 3 is 1.90 bits per heavy atom. The number of Topliss-reactive ketones (excluding diaryl/α,β-unsaturated/α-hetero) is 1. The van der Waals surface area contributed by atoms with Crippen LogP contribution in [0.25, 0.3) is 0 Å². The van der Waals surface area contributed by atoms with Crippen LogP contribution < -0.4 is 5.32 Å². The van der Waals surface area contributed by atoms with E-state index in [0.29, 0.717) is 0 Å². The van der Waals surface area contributed by atoms with Gasteiger partial charge in [-0.15, -0.1) is 0 Å². The zero-order valence-corrected chi connectivity index (χ0v) is 7.12. The average Bonchev–Trinajstić information content (AvgIpc) is 1.60. The molecule has 0 spiro atoms. The molecule has 0 heterocycles. The molecule has 0 bridgehead atoms. The molecule has 0 atom stereocenters. The second-order valence-electron chi connectivity index (χ2n) is 3.09. The Morgan fingerprint density at radius 2 is 1.80 bits per heavy atom. The monoisotopic (exact) mass is 141 g/mol. The maximum Gasteiger partial charge on any atom is 0.154 e. The van der Waals surface area contributed by atoms with E-state index in [4.69, 9.17) is 0 Å². The summed E-state index contributed by atoms with van der Waals surface area (Å²) in [5, 5.41) is 2.97. The summed E-state index contributed by atoms with van der Waals surface area (Å²) in [6.45, 7) is 10.7. The van der Waals surface area contributed by atoms with Crippen molar-refractivity contribution in [3.8, 4) is 0 Å². The summed E-state index contributed by atoms with van der Waals surface area (Å²) in [7, 11) is 0. The molecule has 0 saturated heterocycles. The van der Waals surface area contributed by atoms with Gasteiger partial charge in [-0.1, -0.05) is 6.58 Å². The van der Waals surface area contributed by atoms with Crippen LogP contribution in [0.3, 0.4) is 0 Å². The van der Waals surface area contributed by atoms with E-state index >= 15 is 0 Å². The fourth-order valence-corrected chi connectivity index (χ4v) is 0.621. The highest BCUT2D eigenvalue weighted by molar-refractivity contribution is 5.85. The highest BCUT2D eigenvalue weighted by atomic mass is 16.1. The molecule has 0 rings (SSSR count). The number of nitrogens with one attached hydrogen (secondary N) is 1. The Bertz CT molecular complexity index is 159. The van der Waals surface area contributed by atoms with Gasteiger partial charge < -0.3 is 5.32 Å². The summed E-state index contributed by atoms with van der Waals surface area (Å²) in [6, 6.07) is 0. The molecule has 0 aromatic heterocycles. The summed E-state index contributed by atoms with van der Waals surface area (Å²) in [6.07, 6.45) is 0. The number of hydrogen-bond donors (Lipinski definition) is 1. The molecule has 0 aromatic carbocycles. The maximum atomic E-state index is 10.9. The smallest absolute Gasteiger partial charge is 0.154 e. The Morgan fingerprint density at radius 1 is 1.40 bits per heavy atom. The summed E-state index contributed by atoms with van der Waals surface area (Å²) >= 11 is 0. The van der Waals surface area contributed by atoms with Crippen LogP contribution in [-0.4, -0.2) is 11.3 Å². The molecule has 0 fully saturated rings. The SMILES string of the molecule is C=C(C)NC(C)(C)C(C)=O. The predicted octanol–water partition coefficient (Wildman–Crippen LogP) is 1.48. The average molecular weight is 141 g/mol. The molecule has 0 aromatic rings. The molecule has 0 amide bonds. The normalized spacial score (nSPS) is 10.8. The molecule has 0 aliphatic heterocycles. The van der Waals surface area contributed by atoms with Gasteiger partial charge in [-0.25, -0.2) is 0 Å². The van der Waals surface area contributed by atoms with E-state index in [2.05, 4.69) is 11.9 Å². The number of carbonyl (C=O) groups is 1. The molecule has 0 radical (unpaired) electrons. The van der Waals surface area contributed by atoms with Crippen molar-refractivity contribution in [3.05, 3.63) is 12.3 Å². The van der Waals surface area contributed by atoms with Crippen LogP contribution >= 0.6 is 0 Å². The fraction of sp³-hybridized carbons (Fsp3) is 0.625. The van der Waals surface area contributed by atoms with Crippen molar-refractivity contribution in [2.24, 2.45) is 0 Å². The maximum absolute atomic E-state index is 10.9. The second kappa shape index (κ2) is 2.86. The number of ketones is 1. The summed E-state index contributed by atoms with van der Waals surface area (Å²) in [5.41, 5.74) is 0.353. The number of carbonyl (C=O) groups excluding carboxylic acids is 1. The molecule has 0 aliphatic carbocycles. The first-order chi connectivity index (χ1) is 4.36. The number of rotatable bonds is 3. The topological polar surface area (TPSA) is 29.1 Å². The molecular formula is C8H15NO. The van der Waals surface area contributed by atoms with Gasteiger partial charge in [0.1, 0.15) is 0 Å². The summed E-state index contributed by atoms with van der Waals surface area (Å²) in [5.74, 6) is 0.121. The summed E-state index contributed by atoms with van der Waals surface area (Å²) in [4.78, 5) is 10.9. The lowest BCUT2D eigenvalue weighted by atomic mass is 10.0. The van der Waals surface area contributed by atoms with Crippen molar-refractivity contribution in [2.45, 2.75) is 33.2 Å². The highest BCUT2D eigenvalue weighted by Crippen LogP contribution is 2.04. The van der Waals surface area contributed by atoms with Gasteiger partial charge in [-0.2, -0.15) is 0 Å². The van der Waals surface area contributed by atoms with Crippen molar-refractivity contribution < 1.29 is 4.79 Å². The van der Waals surface area contributed by atoms with Gasteiger partial charge in [0, 0.05) is 5.70 Å². The van der Waals surface area contributed by atoms with Crippen LogP contribution in [0, 0.1) is 0 Å². The zero-order valence-electron chi connectivity index (χ0n) is 7.12. The molecule has 0 unspecified atom stereocenters. The van der Waals surface area contributed by atoms with Crippen molar-refractivity contribution >= 4 is 5.78 Å². The third kappa shape index (κ3) is 2.67. The third-order valence-electron chi connectivity index (χ3n) is 1.41. The standard InChI is InChI=1S/C8H15NO/c1-6(2)9-8(4,5)7(3)10/h9H,1H2,2-5H3. The van der Waals surface area contributed by atoms with Gasteiger partial charge in [0.05, 0.1) is 5.54 Å². The Labute approximate surface area is 62.3 Å². The van der Waals surface area contributed by atoms with Gasteiger partial charge in [0.2, 0.25) is 0 Å². The molecular weight excluding hydrogens is 126 g/mol. The number of allylic oxidation sites excluding steroid dienone is 1. The number of hydrogen-bond acceptors (Lipinski definition) is 2. The lowest BCUT2D eigenvalue weighted by Crippen LogP contribution is -2.44. The first kappa shape index (κ1) is 9.21. The van der Waals surface area contributed by atoms with Crippen LogP contribution in [0.15, 0.2) is 12.3 Å². The van der Waals surface area contributed by atoms with Gasteiger partial charge in [-0.05, 0) is 27.7 Å². The second-order valence-corrected chi connectivity index (χ2v) is 3.09. The largest absolute Gasteiger partial charge is 0.377 e. The Kier molecular flexibility index (Phi) is 2.64. The van der Waals surface area contributed by atoms with Crippen LogP contribution in [0.2, 0.25) is 0 Å². The minimum absolute atomic E-state index is 0.121. The van der Waals surface area contributed by atoms with E-state index in [1.165, 1.54) is 0 Å². The van der Waals surface area contributed by atoms with Crippen molar-refractivity contribution in [1.82, 2.24) is 5.32 Å². The predicted molar refractivity (Wildman–Crippen MR) is 42.7 cm³/mol. The van der Waals surface area contributed by atoms with Crippen LogP contribution in [0.1, 0.15) is 27.7 Å². The first-order valence-electron chi connectivity index (χ1n) is 3.31. The fourth-order valence-electron chi connectivity index (χ4n) is 0.621. The van der Waals surface area contributed by atoms with Crippen molar-refractivity contribution in [2.75, 3.05) is 0 Å². The quantitative estimate of drug-likeness (QED) is 0.645. The molecule has 2 nitrogen and oxygen atoms in total. The van der Waals surface area contributed by atoms with Gasteiger partial charge in [0.25, 0.3) is 0 Å². The molecule has 0 aliphatic rings. The van der Waals surface area contributed by atoms with E-state index in [1.807, 2.05) is 20.8 Å². The molecule has 0 saturated carbocycles. The van der Waals surface area contributed by atoms with Gasteiger partial charge in [-0.3, -0.25) is 4.79 Å². The minimum Gasteiger partial charge on any atom is -0.377 e. The van der Waals surface area contributed by atoms with E-state index < -0.39 is 5.54 Å². The minimum atomic E-state index is -0.466. The van der Waals surface area contributed by atoms with Crippen LogP contribution in [0.5, 0.6) is 0 Å². The summed E-state index contributed by atoms with van der Waals surface area (Å²) < 4.78 is 0. The third-order valence-corrected chi connectivity index (χ3v) is 1.41. The van der Waals surface area contributed by atoms with Crippen LogP contribution in [-0.2, 0) is 4.79 Å². The van der Waals surface area contributed by atoms with Crippen LogP contribution in [0.4, 0.5) is 0 Å². The van der Waals surface area contributed by atoms with E-state index in [0.717, 1.165) is 5.70 Å². The Hall–Kier alpha value is -0.790. The van der Waals surface area contributed by atoms with E-state index in [1.54, 1.807) is 6.92 Å². The van der Waals surface area contributed by atoms with Crippen molar-refractivity contribution in [3.63, 3.8) is 0 Å². The lowest BCUT2D eigenvalue weighted by molar-refractivity contribution is -0.121. The molecule has 10 heavy (non-hydrogen) atoms. The first-order valence-corrected chi connectivity index (χ1v) is 3.31. The lowest BCUT2D eigenvalue weighted by Gasteiger charge is -2.23. The Balaban J connectivity index is 4.13. The molecule has 2 heteroatoms. The zero-order chi connectivity index (χ0) is 8.36. The van der Waals surface area contributed by atoms with Gasteiger partial charge in [0.15, 0.2) is 5.78 Å². The van der Waals surface area contributed by atoms with E-state index in [9.17, 15) is 4.79 Å². The van der Waals surface area contributed by atoms with E-state index in [-0.39, 0.29) is 5.78 Å². The van der Waals surface area contributed by atoms with Crippen molar-refractivity contribution in [1.29, 1.82) is 0 Å². The molecule has 58 valence electrons. The molecule has 1 N–H and O–H groups in total.